The highest BCUT2D eigenvalue weighted by molar-refractivity contribution is 6.24. The molecule has 33 heteroatoms. The Hall–Kier alpha value is -13.0. The summed E-state index contributed by atoms with van der Waals surface area (Å²) in [5, 5.41) is 214. The number of phenols is 19. The molecule has 0 radical (unpaired) electrons. The second kappa shape index (κ2) is 17.8. The molecule has 14 rings (SSSR count). The molecule has 0 aliphatic carbocycles. The fourth-order valence-electron chi connectivity index (χ4n) is 11.7. The van der Waals surface area contributed by atoms with Crippen molar-refractivity contribution in [2.45, 2.75) is 30.3 Å². The summed E-state index contributed by atoms with van der Waals surface area (Å²) < 4.78 is 40.0. The monoisotopic (exact) mass is 1220 g/mol. The molecule has 0 saturated heterocycles. The van der Waals surface area contributed by atoms with E-state index in [0.717, 1.165) is 0 Å². The highest BCUT2D eigenvalue weighted by Gasteiger charge is 2.57. The fourth-order valence-corrected chi connectivity index (χ4v) is 11.7. The van der Waals surface area contributed by atoms with Crippen molar-refractivity contribution in [1.82, 2.24) is 0 Å². The van der Waals surface area contributed by atoms with Crippen molar-refractivity contribution in [2.24, 2.45) is 0 Å². The number of cyclic esters (lactones) is 1. The molecule has 6 bridgehead atoms. The van der Waals surface area contributed by atoms with E-state index in [0.29, 0.717) is 12.1 Å². The van der Waals surface area contributed by atoms with Crippen molar-refractivity contribution < 1.29 is 154 Å². The maximum atomic E-state index is 15.9. The SMILES string of the molecule is O=C1OC[C@H]2OC(=O)c3cc(O)c(O)c(O)c3-c3c(O)c(O)c(O)c4c3C(=O)O[C@H]([C@H]3OC(=O)c5c-4c(O)c(O)c(O)c5[C@H]3c3c(O)c(O)c4oc(=O)c5cc(O)c(O)c6oc(=O)c3c4c65)[C@@H]2OC(=O)c2cc(O)c(O)c(O)c2-c2c1cc(O)c(O)c2O. The van der Waals surface area contributed by atoms with Gasteiger partial charge in [0, 0.05) is 55.3 Å². The highest BCUT2D eigenvalue weighted by Crippen LogP contribution is 2.64. The van der Waals surface area contributed by atoms with Crippen LogP contribution in [0, 0.1) is 0 Å². The number of phenolic OH excluding ortho intramolecular Hbond substituents is 19. The number of aromatic hydroxyl groups is 19. The predicted octanol–water partition coefficient (Wildman–Crippen LogP) is 3.04. The largest absolute Gasteiger partial charge is 0.504 e. The summed E-state index contributed by atoms with van der Waals surface area (Å²) in [6.07, 6.45) is -12.2. The van der Waals surface area contributed by atoms with Crippen molar-refractivity contribution in [3.05, 3.63) is 84.0 Å². The highest BCUT2D eigenvalue weighted by atomic mass is 16.6. The van der Waals surface area contributed by atoms with E-state index in [9.17, 15) is 111 Å². The van der Waals surface area contributed by atoms with Crippen LogP contribution in [0.25, 0.3) is 66.1 Å². The van der Waals surface area contributed by atoms with Gasteiger partial charge in [-0.2, -0.15) is 0 Å². The molecule has 0 spiro atoms. The van der Waals surface area contributed by atoms with Crippen LogP contribution in [-0.2, 0) is 23.7 Å². The number of hydrogen-bond donors (Lipinski definition) is 19. The van der Waals surface area contributed by atoms with Crippen LogP contribution in [-0.4, -0.2) is 158 Å². The minimum Gasteiger partial charge on any atom is -0.504 e. The molecule has 7 heterocycles. The van der Waals surface area contributed by atoms with Crippen LogP contribution in [0.2, 0.25) is 0 Å². The van der Waals surface area contributed by atoms with Gasteiger partial charge < -0.3 is 130 Å². The fraction of sp³-hybridized carbons (Fsp3) is 0.109. The van der Waals surface area contributed by atoms with E-state index in [-0.39, 0.29) is 12.1 Å². The standard InChI is InChI=1S/C55H30O33/c56-10-1-6-15(33(64)29(10)60)16-7(2-11(57)30(61)34(16)65)51(77)84-44-14(5-82-49(6)75)83-50(76)8-3-12(58)31(62)35(66)17(8)19-26-20(37(68)41(72)36(19)67)21-27-22(39(70)42(73)38(21)69)25(47(87-53(27)79)48(44)88-54(26)80)23-28-24-18-9(52(78)85-46(24)43(74)40(23)71)4-13(59)32(63)45(18)86-55(28)81/h1-4,14,25,44,47-48,56-74H,5H2/t14-,25+,44-,47+,48+/m1/s1. The molecule has 5 aliphatic rings. The van der Waals surface area contributed by atoms with Crippen LogP contribution in [0.15, 0.2) is 42.7 Å². The van der Waals surface area contributed by atoms with Crippen LogP contribution in [0.3, 0.4) is 0 Å². The summed E-state index contributed by atoms with van der Waals surface area (Å²) in [7, 11) is 0. The van der Waals surface area contributed by atoms with Gasteiger partial charge in [-0.3, -0.25) is 0 Å². The van der Waals surface area contributed by atoms with Gasteiger partial charge in [0.2, 0.25) is 40.2 Å². The molecular formula is C55H30O33. The molecule has 33 nitrogen and oxygen atoms in total. The molecule has 19 N–H and O–H groups in total. The van der Waals surface area contributed by atoms with Gasteiger partial charge in [0.05, 0.1) is 44.5 Å². The normalized spacial score (nSPS) is 18.7. The number of carbonyl (C=O) groups excluding carboxylic acids is 5. The number of ether oxygens (including phenoxy) is 5. The number of carbonyl (C=O) groups is 5. The van der Waals surface area contributed by atoms with Crippen LogP contribution >= 0.6 is 0 Å². The number of benzene rings is 7. The van der Waals surface area contributed by atoms with E-state index in [4.69, 9.17) is 32.5 Å². The quantitative estimate of drug-likeness (QED) is 0.0369. The first-order valence-electron chi connectivity index (χ1n) is 24.6. The van der Waals surface area contributed by atoms with Gasteiger partial charge in [0.15, 0.2) is 105 Å². The lowest BCUT2D eigenvalue weighted by molar-refractivity contribution is -0.135. The first-order valence-corrected chi connectivity index (χ1v) is 24.6. The summed E-state index contributed by atoms with van der Waals surface area (Å²) >= 11 is 0. The van der Waals surface area contributed by atoms with E-state index < -0.39 is 292 Å². The second-order valence-electron chi connectivity index (χ2n) is 20.0. The van der Waals surface area contributed by atoms with E-state index in [1.54, 1.807) is 0 Å². The Balaban J connectivity index is 1.24. The Morgan fingerprint density at radius 1 is 0.307 bits per heavy atom. The van der Waals surface area contributed by atoms with Crippen molar-refractivity contribution in [3.8, 4) is 143 Å². The predicted molar refractivity (Wildman–Crippen MR) is 277 cm³/mol. The number of hydrogen-bond acceptors (Lipinski definition) is 33. The summed E-state index contributed by atoms with van der Waals surface area (Å²) in [4.78, 5) is 105. The van der Waals surface area contributed by atoms with Gasteiger partial charge in [0.25, 0.3) is 0 Å². The maximum Gasteiger partial charge on any atom is 0.344 e. The Morgan fingerprint density at radius 2 is 0.716 bits per heavy atom. The molecule has 448 valence electrons. The van der Waals surface area contributed by atoms with E-state index in [1.165, 1.54) is 0 Å². The summed E-state index contributed by atoms with van der Waals surface area (Å²) in [6, 6.07) is 1.42. The molecule has 0 fully saturated rings. The second-order valence-corrected chi connectivity index (χ2v) is 20.0. The van der Waals surface area contributed by atoms with Gasteiger partial charge >= 0.3 is 41.1 Å². The minimum absolute atomic E-state index is 0.244. The zero-order valence-corrected chi connectivity index (χ0v) is 42.6. The smallest absolute Gasteiger partial charge is 0.344 e. The van der Waals surface area contributed by atoms with E-state index >= 15 is 19.2 Å². The molecule has 7 aromatic carbocycles. The first kappa shape index (κ1) is 54.3. The molecule has 0 saturated carbocycles. The molecule has 5 aliphatic heterocycles. The Kier molecular flexibility index (Phi) is 11.0. The third-order valence-corrected chi connectivity index (χ3v) is 15.5. The summed E-state index contributed by atoms with van der Waals surface area (Å²) in [5.74, 6) is -43.7. The zero-order chi connectivity index (χ0) is 63.4. The van der Waals surface area contributed by atoms with Gasteiger partial charge in [-0.1, -0.05) is 0 Å². The lowest BCUT2D eigenvalue weighted by Crippen LogP contribution is -2.56. The third kappa shape index (κ3) is 6.80. The van der Waals surface area contributed by atoms with Gasteiger partial charge in [-0.25, -0.2) is 33.6 Å². The van der Waals surface area contributed by atoms with Gasteiger partial charge in [0.1, 0.15) is 6.61 Å². The van der Waals surface area contributed by atoms with E-state index in [2.05, 4.69) is 0 Å². The Bertz CT molecular complexity index is 4990. The third-order valence-electron chi connectivity index (χ3n) is 15.5. The number of rotatable bonds is 1. The molecule has 0 amide bonds. The lowest BCUT2D eigenvalue weighted by atomic mass is 9.73. The van der Waals surface area contributed by atoms with Crippen molar-refractivity contribution in [3.63, 3.8) is 0 Å². The van der Waals surface area contributed by atoms with Crippen LogP contribution in [0.4, 0.5) is 0 Å². The van der Waals surface area contributed by atoms with Crippen molar-refractivity contribution >= 4 is 62.6 Å². The van der Waals surface area contributed by atoms with Crippen LogP contribution in [0.1, 0.15) is 68.8 Å². The van der Waals surface area contributed by atoms with Crippen molar-refractivity contribution in [2.75, 3.05) is 6.61 Å². The Labute approximate surface area is 478 Å². The van der Waals surface area contributed by atoms with Crippen LogP contribution in [0.5, 0.6) is 109 Å². The van der Waals surface area contributed by atoms with Crippen LogP contribution < -0.4 is 11.3 Å². The lowest BCUT2D eigenvalue weighted by Gasteiger charge is -2.43. The summed E-state index contributed by atoms with van der Waals surface area (Å²) in [6.45, 7) is -1.72. The first-order chi connectivity index (χ1) is 41.5. The molecule has 88 heavy (non-hydrogen) atoms. The van der Waals surface area contributed by atoms with Crippen molar-refractivity contribution in [1.29, 1.82) is 0 Å². The average molecular weight is 1220 g/mol. The van der Waals surface area contributed by atoms with Gasteiger partial charge in [-0.15, -0.1) is 0 Å². The van der Waals surface area contributed by atoms with E-state index in [1.807, 2.05) is 0 Å². The van der Waals surface area contributed by atoms with Gasteiger partial charge in [-0.05, 0) is 24.3 Å². The number of esters is 5. The Morgan fingerprint density at radius 3 is 1.28 bits per heavy atom. The molecular weight excluding hydrogens is 1190 g/mol. The molecule has 0 unspecified atom stereocenters. The maximum absolute atomic E-state index is 15.9. The minimum atomic E-state index is -3.18. The number of fused-ring (bicyclic) bond motifs is 7. The average Bonchev–Trinajstić information content (AvgIpc) is 0.797. The molecule has 9 aromatic rings. The zero-order valence-electron chi connectivity index (χ0n) is 42.6. The summed E-state index contributed by atoms with van der Waals surface area (Å²) in [5.41, 5.74) is -23.7. The topological polar surface area (TPSA) is 576 Å². The molecule has 5 atom stereocenters. The molecule has 2 aromatic heterocycles.